The number of amides is 1. The van der Waals surface area contributed by atoms with Gasteiger partial charge in [0.05, 0.1) is 16.4 Å². The number of benzene rings is 2. The van der Waals surface area contributed by atoms with Crippen LogP contribution in [0.15, 0.2) is 36.4 Å². The van der Waals surface area contributed by atoms with E-state index in [0.29, 0.717) is 22.1 Å². The Morgan fingerprint density at radius 3 is 2.68 bits per heavy atom. The van der Waals surface area contributed by atoms with E-state index in [1.165, 1.54) is 24.3 Å². The number of hydrogen-bond donors (Lipinski definition) is 1. The summed E-state index contributed by atoms with van der Waals surface area (Å²) in [7, 11) is 0. The van der Waals surface area contributed by atoms with E-state index in [1.807, 2.05) is 0 Å². The van der Waals surface area contributed by atoms with Gasteiger partial charge >= 0.3 is 5.97 Å². The maximum absolute atomic E-state index is 12.0. The van der Waals surface area contributed by atoms with Crippen LogP contribution in [0.2, 0.25) is 5.02 Å². The molecule has 0 atom stereocenters. The molecule has 0 aliphatic carbocycles. The molecule has 0 bridgehead atoms. The molecule has 1 aliphatic heterocycles. The number of nitrogens with one attached hydrogen (secondary N) is 1. The summed E-state index contributed by atoms with van der Waals surface area (Å²) in [6, 6.07) is 8.46. The monoisotopic (exact) mass is 406 g/mol. The molecule has 1 aliphatic rings. The Morgan fingerprint density at radius 2 is 1.96 bits per heavy atom. The Kier molecular flexibility index (Phi) is 5.95. The first-order valence-corrected chi connectivity index (χ1v) is 8.58. The SMILES string of the molecule is O=C(CCNC(=O)c1ccc([N+](=O)[O-])cc1)OCc1cc(Cl)c2c(c1)OCO2. The van der Waals surface area contributed by atoms with Crippen LogP contribution in [-0.4, -0.2) is 30.1 Å². The molecule has 0 saturated heterocycles. The third-order valence-electron chi connectivity index (χ3n) is 3.84. The predicted octanol–water partition coefficient (Wildman–Crippen LogP) is 2.84. The summed E-state index contributed by atoms with van der Waals surface area (Å²) >= 11 is 6.06. The van der Waals surface area contributed by atoms with E-state index >= 15 is 0 Å². The van der Waals surface area contributed by atoms with Gasteiger partial charge in [0.1, 0.15) is 6.61 Å². The lowest BCUT2D eigenvalue weighted by Gasteiger charge is -2.08. The van der Waals surface area contributed by atoms with Crippen molar-refractivity contribution >= 4 is 29.2 Å². The molecule has 2 aromatic carbocycles. The van der Waals surface area contributed by atoms with Crippen molar-refractivity contribution < 1.29 is 28.7 Å². The van der Waals surface area contributed by atoms with Crippen molar-refractivity contribution in [2.45, 2.75) is 13.0 Å². The third-order valence-corrected chi connectivity index (χ3v) is 4.12. The largest absolute Gasteiger partial charge is 0.461 e. The highest BCUT2D eigenvalue weighted by Gasteiger charge is 2.18. The first kappa shape index (κ1) is 19.4. The lowest BCUT2D eigenvalue weighted by Crippen LogP contribution is -2.26. The molecule has 1 N–H and O–H groups in total. The van der Waals surface area contributed by atoms with Gasteiger partial charge in [0.25, 0.3) is 11.6 Å². The van der Waals surface area contributed by atoms with E-state index in [0.717, 1.165) is 0 Å². The number of esters is 1. The summed E-state index contributed by atoms with van der Waals surface area (Å²) in [6.45, 7) is 0.162. The van der Waals surface area contributed by atoms with Gasteiger partial charge in [-0.25, -0.2) is 0 Å². The molecule has 0 spiro atoms. The average Bonchev–Trinajstić information content (AvgIpc) is 3.15. The molecule has 0 radical (unpaired) electrons. The Labute approximate surface area is 164 Å². The van der Waals surface area contributed by atoms with Gasteiger partial charge in [0.15, 0.2) is 11.5 Å². The maximum atomic E-state index is 12.0. The quantitative estimate of drug-likeness (QED) is 0.426. The minimum absolute atomic E-state index is 0.00545. The molecule has 28 heavy (non-hydrogen) atoms. The van der Waals surface area contributed by atoms with Gasteiger partial charge in [-0.05, 0) is 29.8 Å². The highest BCUT2D eigenvalue weighted by Crippen LogP contribution is 2.39. The van der Waals surface area contributed by atoms with Crippen LogP contribution in [0.25, 0.3) is 0 Å². The second kappa shape index (κ2) is 8.57. The van der Waals surface area contributed by atoms with E-state index in [4.69, 9.17) is 25.8 Å². The first-order valence-electron chi connectivity index (χ1n) is 8.20. The molecular weight excluding hydrogens is 392 g/mol. The normalized spacial score (nSPS) is 11.8. The number of nitro groups is 1. The number of carbonyl (C=O) groups is 2. The fourth-order valence-corrected chi connectivity index (χ4v) is 2.74. The molecule has 1 amide bonds. The first-order chi connectivity index (χ1) is 13.4. The Morgan fingerprint density at radius 1 is 1.21 bits per heavy atom. The summed E-state index contributed by atoms with van der Waals surface area (Å²) in [5, 5.41) is 13.5. The molecule has 0 unspecified atom stereocenters. The second-order valence-electron chi connectivity index (χ2n) is 5.78. The number of fused-ring (bicyclic) bond motifs is 1. The summed E-state index contributed by atoms with van der Waals surface area (Å²) in [5.41, 5.74) is 0.801. The van der Waals surface area contributed by atoms with Crippen LogP contribution in [0.5, 0.6) is 11.5 Å². The van der Waals surface area contributed by atoms with E-state index in [2.05, 4.69) is 5.32 Å². The van der Waals surface area contributed by atoms with Crippen molar-refractivity contribution in [2.75, 3.05) is 13.3 Å². The summed E-state index contributed by atoms with van der Waals surface area (Å²) in [5.74, 6) is 0.0163. The number of non-ortho nitro benzene ring substituents is 1. The number of rotatable bonds is 7. The van der Waals surface area contributed by atoms with Crippen LogP contribution in [0.1, 0.15) is 22.3 Å². The summed E-state index contributed by atoms with van der Waals surface area (Å²) in [6.07, 6.45) is -0.0307. The molecule has 3 rings (SSSR count). The molecule has 0 aromatic heterocycles. The molecule has 9 nitrogen and oxygen atoms in total. The fourth-order valence-electron chi connectivity index (χ4n) is 2.45. The molecule has 146 valence electrons. The molecule has 2 aromatic rings. The minimum Gasteiger partial charge on any atom is -0.461 e. The van der Waals surface area contributed by atoms with Gasteiger partial charge in [-0.3, -0.25) is 19.7 Å². The number of carbonyl (C=O) groups excluding carboxylic acids is 2. The molecule has 1 heterocycles. The number of nitrogens with zero attached hydrogens (tertiary/aromatic N) is 1. The average molecular weight is 407 g/mol. The van der Waals surface area contributed by atoms with E-state index in [1.54, 1.807) is 12.1 Å². The fraction of sp³-hybridized carbons (Fsp3) is 0.222. The third kappa shape index (κ3) is 4.68. The highest BCUT2D eigenvalue weighted by atomic mass is 35.5. The zero-order valence-electron chi connectivity index (χ0n) is 14.5. The molecular formula is C18H15ClN2O7. The van der Waals surface area contributed by atoms with Crippen LogP contribution >= 0.6 is 11.6 Å². The van der Waals surface area contributed by atoms with Crippen molar-refractivity contribution in [3.8, 4) is 11.5 Å². The van der Waals surface area contributed by atoms with E-state index < -0.39 is 16.8 Å². The van der Waals surface area contributed by atoms with Crippen LogP contribution in [0.4, 0.5) is 5.69 Å². The van der Waals surface area contributed by atoms with Crippen LogP contribution in [0, 0.1) is 10.1 Å². The molecule has 10 heteroatoms. The van der Waals surface area contributed by atoms with Gasteiger partial charge in [-0.1, -0.05) is 11.6 Å². The van der Waals surface area contributed by atoms with Crippen molar-refractivity contribution in [3.05, 3.63) is 62.7 Å². The van der Waals surface area contributed by atoms with Crippen molar-refractivity contribution in [3.63, 3.8) is 0 Å². The van der Waals surface area contributed by atoms with Gasteiger partial charge in [0, 0.05) is 24.2 Å². The zero-order valence-corrected chi connectivity index (χ0v) is 15.2. The number of halogens is 1. The van der Waals surface area contributed by atoms with Crippen molar-refractivity contribution in [1.82, 2.24) is 5.32 Å². The minimum atomic E-state index is -0.551. The molecule has 0 fully saturated rings. The van der Waals surface area contributed by atoms with E-state index in [-0.39, 0.29) is 37.6 Å². The van der Waals surface area contributed by atoms with Crippen LogP contribution in [0.3, 0.4) is 0 Å². The smallest absolute Gasteiger partial charge is 0.307 e. The van der Waals surface area contributed by atoms with Crippen molar-refractivity contribution in [1.29, 1.82) is 0 Å². The van der Waals surface area contributed by atoms with Gasteiger partial charge in [-0.2, -0.15) is 0 Å². The highest BCUT2D eigenvalue weighted by molar-refractivity contribution is 6.32. The lowest BCUT2D eigenvalue weighted by atomic mass is 10.2. The number of nitro benzene ring substituents is 1. The molecule has 0 saturated carbocycles. The van der Waals surface area contributed by atoms with Crippen molar-refractivity contribution in [2.24, 2.45) is 0 Å². The maximum Gasteiger partial charge on any atom is 0.307 e. The zero-order chi connectivity index (χ0) is 20.1. The van der Waals surface area contributed by atoms with Crippen LogP contribution < -0.4 is 14.8 Å². The van der Waals surface area contributed by atoms with Gasteiger partial charge in [-0.15, -0.1) is 0 Å². The number of hydrogen-bond acceptors (Lipinski definition) is 7. The summed E-state index contributed by atoms with van der Waals surface area (Å²) in [4.78, 5) is 33.8. The standard InChI is InChI=1S/C18H15ClN2O7/c19-14-7-11(8-15-17(14)28-10-27-15)9-26-16(22)5-6-20-18(23)12-1-3-13(4-2-12)21(24)25/h1-4,7-8H,5-6,9-10H2,(H,20,23). The Balaban J connectivity index is 1.43. The second-order valence-corrected chi connectivity index (χ2v) is 6.19. The van der Waals surface area contributed by atoms with Gasteiger partial charge < -0.3 is 19.5 Å². The van der Waals surface area contributed by atoms with E-state index in [9.17, 15) is 19.7 Å². The van der Waals surface area contributed by atoms with Gasteiger partial charge in [0.2, 0.25) is 6.79 Å². The Bertz CT molecular complexity index is 915. The summed E-state index contributed by atoms with van der Waals surface area (Å²) < 4.78 is 15.6. The Hall–Kier alpha value is -3.33. The lowest BCUT2D eigenvalue weighted by molar-refractivity contribution is -0.384. The number of ether oxygens (including phenoxy) is 3. The van der Waals surface area contributed by atoms with Crippen LogP contribution in [-0.2, 0) is 16.1 Å². The topological polar surface area (TPSA) is 117 Å². The predicted molar refractivity (Wildman–Crippen MR) is 97.4 cm³/mol.